The zero-order valence-corrected chi connectivity index (χ0v) is 12.5. The van der Waals surface area contributed by atoms with E-state index in [1.54, 1.807) is 32.3 Å². The Morgan fingerprint density at radius 2 is 1.90 bits per heavy atom. The van der Waals surface area contributed by atoms with Crippen molar-refractivity contribution < 1.29 is 13.2 Å². The normalized spacial score (nSPS) is 11.6. The fourth-order valence-corrected chi connectivity index (χ4v) is 2.10. The summed E-state index contributed by atoms with van der Waals surface area (Å²) in [6.07, 6.45) is 4.60. The van der Waals surface area contributed by atoms with Gasteiger partial charge in [0.2, 0.25) is 21.9 Å². The van der Waals surface area contributed by atoms with Gasteiger partial charge < -0.3 is 0 Å². The van der Waals surface area contributed by atoms with E-state index in [0.29, 0.717) is 25.8 Å². The van der Waals surface area contributed by atoms with Crippen LogP contribution in [-0.4, -0.2) is 36.1 Å². The van der Waals surface area contributed by atoms with Gasteiger partial charge in [-0.2, -0.15) is 0 Å². The number of carbonyl (C=O) groups excluding carboxylic acids is 1. The first kappa shape index (κ1) is 16.5. The van der Waals surface area contributed by atoms with Crippen LogP contribution in [0.4, 0.5) is 5.95 Å². The molecule has 0 aromatic carbocycles. The van der Waals surface area contributed by atoms with Crippen LogP contribution in [0, 0.1) is 0 Å². The van der Waals surface area contributed by atoms with Gasteiger partial charge >= 0.3 is 0 Å². The number of nitrogens with one attached hydrogen (secondary N) is 2. The Labute approximate surface area is 119 Å². The molecule has 1 rings (SSSR count). The molecule has 0 radical (unpaired) electrons. The molecule has 0 bridgehead atoms. The van der Waals surface area contributed by atoms with Crippen LogP contribution >= 0.6 is 0 Å². The van der Waals surface area contributed by atoms with Gasteiger partial charge in [0.25, 0.3) is 0 Å². The Bertz CT molecular complexity index is 517. The minimum atomic E-state index is -3.22. The predicted octanol–water partition coefficient (Wildman–Crippen LogP) is 0.913. The van der Waals surface area contributed by atoms with Crippen LogP contribution in [0.2, 0.25) is 0 Å². The lowest BCUT2D eigenvalue weighted by atomic mass is 10.2. The summed E-state index contributed by atoms with van der Waals surface area (Å²) in [6, 6.07) is 1.66. The van der Waals surface area contributed by atoms with E-state index in [4.69, 9.17) is 0 Å². The van der Waals surface area contributed by atoms with Crippen molar-refractivity contribution in [2.24, 2.45) is 0 Å². The van der Waals surface area contributed by atoms with Gasteiger partial charge in [0, 0.05) is 25.4 Å². The van der Waals surface area contributed by atoms with Crippen LogP contribution in [0.25, 0.3) is 0 Å². The fraction of sp³-hybridized carbons (Fsp3) is 0.583. The Balaban J connectivity index is 2.17. The highest BCUT2D eigenvalue weighted by Crippen LogP contribution is 2.01. The summed E-state index contributed by atoms with van der Waals surface area (Å²) in [4.78, 5) is 19.3. The number of sulfonamides is 1. The number of unbranched alkanes of at least 4 members (excludes halogenated alkanes) is 1. The number of nitrogens with zero attached hydrogens (tertiary/aromatic N) is 2. The molecule has 20 heavy (non-hydrogen) atoms. The maximum absolute atomic E-state index is 11.6. The molecule has 0 spiro atoms. The molecule has 0 aliphatic rings. The van der Waals surface area contributed by atoms with Crippen molar-refractivity contribution in [1.82, 2.24) is 14.7 Å². The van der Waals surface area contributed by atoms with Crippen molar-refractivity contribution in [3.63, 3.8) is 0 Å². The average molecular weight is 300 g/mol. The van der Waals surface area contributed by atoms with Crippen molar-refractivity contribution in [3.05, 3.63) is 18.5 Å². The predicted molar refractivity (Wildman–Crippen MR) is 76.6 cm³/mol. The molecule has 0 unspecified atom stereocenters. The SMILES string of the molecule is CC(C)S(=O)(=O)NCCCCC(=O)Nc1ncccn1. The molecule has 0 saturated heterocycles. The van der Waals surface area contributed by atoms with Crippen molar-refractivity contribution >= 4 is 21.9 Å². The van der Waals surface area contributed by atoms with Gasteiger partial charge in [-0.3, -0.25) is 10.1 Å². The molecule has 0 fully saturated rings. The van der Waals surface area contributed by atoms with Crippen LogP contribution in [0.15, 0.2) is 18.5 Å². The molecule has 1 heterocycles. The molecule has 7 nitrogen and oxygen atoms in total. The van der Waals surface area contributed by atoms with E-state index in [-0.39, 0.29) is 11.9 Å². The molecule has 1 aromatic rings. The summed E-state index contributed by atoms with van der Waals surface area (Å²) in [5, 5.41) is 2.12. The Morgan fingerprint density at radius 1 is 1.25 bits per heavy atom. The van der Waals surface area contributed by atoms with E-state index >= 15 is 0 Å². The first-order valence-corrected chi connectivity index (χ1v) is 8.02. The van der Waals surface area contributed by atoms with Gasteiger partial charge in [-0.05, 0) is 32.8 Å². The number of anilines is 1. The number of carbonyl (C=O) groups is 1. The van der Waals surface area contributed by atoms with Crippen molar-refractivity contribution in [2.45, 2.75) is 38.4 Å². The van der Waals surface area contributed by atoms with Gasteiger partial charge in [0.15, 0.2) is 0 Å². The lowest BCUT2D eigenvalue weighted by molar-refractivity contribution is -0.116. The van der Waals surface area contributed by atoms with E-state index in [0.717, 1.165) is 0 Å². The number of rotatable bonds is 8. The summed E-state index contributed by atoms with van der Waals surface area (Å²) < 4.78 is 25.4. The summed E-state index contributed by atoms with van der Waals surface area (Å²) in [5.41, 5.74) is 0. The molecule has 0 atom stereocenters. The van der Waals surface area contributed by atoms with E-state index in [1.165, 1.54) is 0 Å². The van der Waals surface area contributed by atoms with Gasteiger partial charge in [-0.15, -0.1) is 0 Å². The Kier molecular flexibility index (Phi) is 6.53. The quantitative estimate of drug-likeness (QED) is 0.695. The lowest BCUT2D eigenvalue weighted by Gasteiger charge is -2.09. The fourth-order valence-electron chi connectivity index (χ4n) is 1.34. The maximum Gasteiger partial charge on any atom is 0.229 e. The number of aromatic nitrogens is 2. The second-order valence-electron chi connectivity index (χ2n) is 4.57. The Hall–Kier alpha value is -1.54. The van der Waals surface area contributed by atoms with Crippen molar-refractivity contribution in [2.75, 3.05) is 11.9 Å². The standard InChI is InChI=1S/C12H20N4O3S/c1-10(2)20(18,19)15-9-4-3-6-11(17)16-12-13-7-5-8-14-12/h5,7-8,10,15H,3-4,6,9H2,1-2H3,(H,13,14,16,17). The minimum Gasteiger partial charge on any atom is -0.295 e. The van der Waals surface area contributed by atoms with Crippen LogP contribution in [0.5, 0.6) is 0 Å². The summed E-state index contributed by atoms with van der Waals surface area (Å²) >= 11 is 0. The zero-order chi connectivity index (χ0) is 15.0. The van der Waals surface area contributed by atoms with Gasteiger partial charge in [-0.1, -0.05) is 0 Å². The van der Waals surface area contributed by atoms with Gasteiger partial charge in [0.05, 0.1) is 5.25 Å². The van der Waals surface area contributed by atoms with Crippen LogP contribution in [0.3, 0.4) is 0 Å². The van der Waals surface area contributed by atoms with E-state index in [2.05, 4.69) is 20.0 Å². The van der Waals surface area contributed by atoms with Crippen LogP contribution in [-0.2, 0) is 14.8 Å². The summed E-state index contributed by atoms with van der Waals surface area (Å²) in [6.45, 7) is 3.58. The highest BCUT2D eigenvalue weighted by atomic mass is 32.2. The molecule has 0 saturated carbocycles. The van der Waals surface area contributed by atoms with Crippen molar-refractivity contribution in [3.8, 4) is 0 Å². The molecule has 1 amide bonds. The molecule has 0 aliphatic heterocycles. The number of hydrogen-bond acceptors (Lipinski definition) is 5. The second-order valence-corrected chi connectivity index (χ2v) is 6.89. The lowest BCUT2D eigenvalue weighted by Crippen LogP contribution is -2.31. The monoisotopic (exact) mass is 300 g/mol. The molecule has 0 aliphatic carbocycles. The molecule has 8 heteroatoms. The smallest absolute Gasteiger partial charge is 0.229 e. The first-order chi connectivity index (χ1) is 9.42. The van der Waals surface area contributed by atoms with E-state index in [1.807, 2.05) is 0 Å². The third-order valence-electron chi connectivity index (χ3n) is 2.57. The third kappa shape index (κ3) is 6.07. The largest absolute Gasteiger partial charge is 0.295 e. The van der Waals surface area contributed by atoms with Crippen molar-refractivity contribution in [1.29, 1.82) is 0 Å². The highest BCUT2D eigenvalue weighted by molar-refractivity contribution is 7.90. The van der Waals surface area contributed by atoms with E-state index in [9.17, 15) is 13.2 Å². The zero-order valence-electron chi connectivity index (χ0n) is 11.7. The number of hydrogen-bond donors (Lipinski definition) is 2. The highest BCUT2D eigenvalue weighted by Gasteiger charge is 2.14. The molecule has 112 valence electrons. The minimum absolute atomic E-state index is 0.178. The topological polar surface area (TPSA) is 101 Å². The average Bonchev–Trinajstić information content (AvgIpc) is 2.39. The molecular weight excluding hydrogens is 280 g/mol. The third-order valence-corrected chi connectivity index (χ3v) is 4.42. The second kappa shape index (κ2) is 7.91. The van der Waals surface area contributed by atoms with Gasteiger partial charge in [0.1, 0.15) is 0 Å². The molecule has 2 N–H and O–H groups in total. The molecule has 1 aromatic heterocycles. The summed E-state index contributed by atoms with van der Waals surface area (Å²) in [7, 11) is -3.22. The summed E-state index contributed by atoms with van der Waals surface area (Å²) in [5.74, 6) is 0.0981. The van der Waals surface area contributed by atoms with Gasteiger partial charge in [-0.25, -0.2) is 23.1 Å². The van der Waals surface area contributed by atoms with E-state index < -0.39 is 15.3 Å². The first-order valence-electron chi connectivity index (χ1n) is 6.47. The van der Waals surface area contributed by atoms with Crippen LogP contribution < -0.4 is 10.0 Å². The van der Waals surface area contributed by atoms with Crippen LogP contribution in [0.1, 0.15) is 33.1 Å². The maximum atomic E-state index is 11.6. The number of amides is 1. The Morgan fingerprint density at radius 3 is 2.50 bits per heavy atom. The molecular formula is C12H20N4O3S.